The third-order valence-corrected chi connectivity index (χ3v) is 6.67. The monoisotopic (exact) mass is 329 g/mol. The van der Waals surface area contributed by atoms with Crippen molar-refractivity contribution < 1.29 is 14.3 Å². The van der Waals surface area contributed by atoms with Crippen molar-refractivity contribution in [1.82, 2.24) is 0 Å². The number of carbonyl (C=O) groups excluding carboxylic acids is 1. The zero-order valence-corrected chi connectivity index (χ0v) is 14.8. The van der Waals surface area contributed by atoms with Crippen LogP contribution in [0.2, 0.25) is 0 Å². The molecule has 130 valence electrons. The highest BCUT2D eigenvalue weighted by atomic mass is 16.5. The maximum Gasteiger partial charge on any atom is 0.311 e. The molecule has 2 aliphatic carbocycles. The van der Waals surface area contributed by atoms with Crippen molar-refractivity contribution >= 4 is 11.7 Å². The van der Waals surface area contributed by atoms with Gasteiger partial charge in [-0.1, -0.05) is 31.0 Å². The molecule has 0 saturated heterocycles. The van der Waals surface area contributed by atoms with Crippen LogP contribution in [0.1, 0.15) is 44.1 Å². The number of fused-ring (bicyclic) bond motifs is 5. The minimum atomic E-state index is -0.235. The lowest BCUT2D eigenvalue weighted by Crippen LogP contribution is -2.45. The Bertz CT molecular complexity index is 646. The van der Waals surface area contributed by atoms with Gasteiger partial charge in [-0.2, -0.15) is 0 Å². The molecular formula is C20H27NO3. The van der Waals surface area contributed by atoms with Gasteiger partial charge in [0.05, 0.1) is 24.2 Å². The number of nitrogens with zero attached hydrogens (tertiary/aromatic N) is 1. The van der Waals surface area contributed by atoms with E-state index in [1.54, 1.807) is 0 Å². The van der Waals surface area contributed by atoms with Crippen molar-refractivity contribution in [3.8, 4) is 0 Å². The molecule has 4 rings (SSSR count). The van der Waals surface area contributed by atoms with E-state index in [0.717, 1.165) is 12.8 Å². The highest BCUT2D eigenvalue weighted by molar-refractivity contribution is 5.79. The molecule has 0 spiro atoms. The predicted molar refractivity (Wildman–Crippen MR) is 93.2 cm³/mol. The molecule has 4 heteroatoms. The largest absolute Gasteiger partial charge is 0.466 e. The third kappa shape index (κ3) is 1.92. The summed E-state index contributed by atoms with van der Waals surface area (Å²) >= 11 is 0. The lowest BCUT2D eigenvalue weighted by molar-refractivity contribution is -0.153. The van der Waals surface area contributed by atoms with Crippen LogP contribution < -0.4 is 4.90 Å². The Morgan fingerprint density at radius 2 is 2.12 bits per heavy atom. The Hall–Kier alpha value is -1.55. The summed E-state index contributed by atoms with van der Waals surface area (Å²) in [6, 6.07) is 8.71. The molecule has 5 atom stereocenters. The first kappa shape index (κ1) is 15.9. The van der Waals surface area contributed by atoms with Crippen LogP contribution in [0.4, 0.5) is 5.69 Å². The summed E-state index contributed by atoms with van der Waals surface area (Å²) in [4.78, 5) is 15.2. The minimum absolute atomic E-state index is 0.0435. The first-order chi connectivity index (χ1) is 11.7. The summed E-state index contributed by atoms with van der Waals surface area (Å²) in [6.07, 6.45) is 4.44. The molecule has 1 aromatic rings. The summed E-state index contributed by atoms with van der Waals surface area (Å²) in [6.45, 7) is 2.33. The molecule has 4 nitrogen and oxygen atoms in total. The molecule has 0 aromatic heterocycles. The van der Waals surface area contributed by atoms with Crippen molar-refractivity contribution in [2.45, 2.75) is 50.2 Å². The smallest absolute Gasteiger partial charge is 0.311 e. The number of hydrogen-bond donors (Lipinski definition) is 0. The van der Waals surface area contributed by atoms with E-state index in [1.807, 2.05) is 14.0 Å². The Labute approximate surface area is 144 Å². The van der Waals surface area contributed by atoms with E-state index in [0.29, 0.717) is 6.61 Å². The Morgan fingerprint density at radius 3 is 2.88 bits per heavy atom. The zero-order chi connectivity index (χ0) is 16.9. The van der Waals surface area contributed by atoms with Crippen molar-refractivity contribution in [3.63, 3.8) is 0 Å². The van der Waals surface area contributed by atoms with Crippen LogP contribution in [0, 0.1) is 11.8 Å². The van der Waals surface area contributed by atoms with Gasteiger partial charge in [0.1, 0.15) is 0 Å². The number of esters is 1. The molecule has 1 aliphatic heterocycles. The van der Waals surface area contributed by atoms with Gasteiger partial charge in [-0.15, -0.1) is 0 Å². The summed E-state index contributed by atoms with van der Waals surface area (Å²) in [5.74, 6) is 0.357. The number of benzene rings is 1. The van der Waals surface area contributed by atoms with Gasteiger partial charge >= 0.3 is 5.97 Å². The number of hydrogen-bond acceptors (Lipinski definition) is 4. The molecule has 24 heavy (non-hydrogen) atoms. The summed E-state index contributed by atoms with van der Waals surface area (Å²) in [5, 5.41) is 0. The topological polar surface area (TPSA) is 38.8 Å². The average molecular weight is 329 g/mol. The van der Waals surface area contributed by atoms with Crippen molar-refractivity contribution in [3.05, 3.63) is 29.8 Å². The van der Waals surface area contributed by atoms with E-state index in [-0.39, 0.29) is 35.4 Å². The van der Waals surface area contributed by atoms with E-state index in [4.69, 9.17) is 9.47 Å². The van der Waals surface area contributed by atoms with Crippen molar-refractivity contribution in [1.29, 1.82) is 0 Å². The van der Waals surface area contributed by atoms with Crippen LogP contribution in [0.15, 0.2) is 24.3 Å². The minimum Gasteiger partial charge on any atom is -0.466 e. The van der Waals surface area contributed by atoms with E-state index >= 15 is 0 Å². The number of likely N-dealkylation sites (N-methyl/N-ethyl adjacent to an activating group) is 1. The highest BCUT2D eigenvalue weighted by Crippen LogP contribution is 2.63. The van der Waals surface area contributed by atoms with E-state index in [1.165, 1.54) is 24.1 Å². The lowest BCUT2D eigenvalue weighted by Gasteiger charge is -2.42. The molecule has 3 aliphatic rings. The maximum atomic E-state index is 12.9. The van der Waals surface area contributed by atoms with Crippen LogP contribution in [-0.2, 0) is 14.3 Å². The van der Waals surface area contributed by atoms with Gasteiger partial charge in [0, 0.05) is 31.7 Å². The number of anilines is 1. The highest BCUT2D eigenvalue weighted by Gasteiger charge is 2.67. The third-order valence-electron chi connectivity index (χ3n) is 6.67. The molecule has 1 aromatic carbocycles. The Balaban J connectivity index is 1.86. The molecular weight excluding hydrogens is 302 g/mol. The SMILES string of the molecule is CCOC(=O)[C@@H]1[C@@H]2[C@@H](c3ccccc3N2C)[C@]2(OC)CCCC[C@@H]12. The second kappa shape index (κ2) is 5.76. The first-order valence-electron chi connectivity index (χ1n) is 9.19. The number of methoxy groups -OCH3 is 1. The second-order valence-corrected chi connectivity index (χ2v) is 7.43. The van der Waals surface area contributed by atoms with Gasteiger partial charge in [-0.25, -0.2) is 0 Å². The van der Waals surface area contributed by atoms with Gasteiger partial charge in [-0.05, 0) is 31.4 Å². The Kier molecular flexibility index (Phi) is 3.83. The number of rotatable bonds is 3. The fraction of sp³-hybridized carbons (Fsp3) is 0.650. The predicted octanol–water partition coefficient (Wildman–Crippen LogP) is 3.36. The molecule has 2 fully saturated rings. The number of carbonyl (C=O) groups is 1. The van der Waals surface area contributed by atoms with Crippen LogP contribution in [0.3, 0.4) is 0 Å². The fourth-order valence-corrected chi connectivity index (χ4v) is 5.87. The van der Waals surface area contributed by atoms with Crippen LogP contribution >= 0.6 is 0 Å². The summed E-state index contributed by atoms with van der Waals surface area (Å²) in [5.41, 5.74) is 2.34. The van der Waals surface area contributed by atoms with E-state index < -0.39 is 0 Å². The number of para-hydroxylation sites is 1. The van der Waals surface area contributed by atoms with Gasteiger partial charge in [0.25, 0.3) is 0 Å². The molecule has 0 radical (unpaired) electrons. The van der Waals surface area contributed by atoms with Crippen LogP contribution in [-0.4, -0.2) is 38.4 Å². The average Bonchev–Trinajstić information content (AvgIpc) is 3.07. The first-order valence-corrected chi connectivity index (χ1v) is 9.19. The molecule has 0 amide bonds. The molecule has 1 heterocycles. The van der Waals surface area contributed by atoms with Gasteiger partial charge < -0.3 is 14.4 Å². The van der Waals surface area contributed by atoms with Gasteiger partial charge in [0.15, 0.2) is 0 Å². The van der Waals surface area contributed by atoms with E-state index in [9.17, 15) is 4.79 Å². The second-order valence-electron chi connectivity index (χ2n) is 7.43. The molecule has 0 unspecified atom stereocenters. The summed E-state index contributed by atoms with van der Waals surface area (Å²) < 4.78 is 11.7. The Morgan fingerprint density at radius 1 is 1.33 bits per heavy atom. The molecule has 2 saturated carbocycles. The summed E-state index contributed by atoms with van der Waals surface area (Å²) in [7, 11) is 3.96. The maximum absolute atomic E-state index is 12.9. The lowest BCUT2D eigenvalue weighted by atomic mass is 9.70. The van der Waals surface area contributed by atoms with Crippen molar-refractivity contribution in [2.24, 2.45) is 11.8 Å². The normalized spacial score (nSPS) is 36.9. The zero-order valence-electron chi connectivity index (χ0n) is 14.8. The quantitative estimate of drug-likeness (QED) is 0.797. The van der Waals surface area contributed by atoms with Crippen LogP contribution in [0.5, 0.6) is 0 Å². The molecule has 0 N–H and O–H groups in total. The van der Waals surface area contributed by atoms with Gasteiger partial charge in [0.2, 0.25) is 0 Å². The van der Waals surface area contributed by atoms with Crippen molar-refractivity contribution in [2.75, 3.05) is 25.7 Å². The molecule has 0 bridgehead atoms. The number of ether oxygens (including phenoxy) is 2. The van der Waals surface area contributed by atoms with E-state index in [2.05, 4.69) is 36.2 Å². The fourth-order valence-electron chi connectivity index (χ4n) is 5.87. The standard InChI is InChI=1S/C20H27NO3/c1-4-24-19(22)16-14-10-7-8-12-20(14,23-3)17-13-9-5-6-11-15(13)21(2)18(16)17/h5-6,9,11,14,16-18H,4,7-8,10,12H2,1-3H3/t14-,16-,17+,18+,20-/m0/s1. The van der Waals surface area contributed by atoms with Gasteiger partial charge in [-0.3, -0.25) is 4.79 Å². The van der Waals surface area contributed by atoms with Crippen LogP contribution in [0.25, 0.3) is 0 Å².